The lowest BCUT2D eigenvalue weighted by Gasteiger charge is -2.38. The van der Waals surface area contributed by atoms with Gasteiger partial charge >= 0.3 is 0 Å². The Bertz CT molecular complexity index is 406. The number of aromatic nitrogens is 1. The summed E-state index contributed by atoms with van der Waals surface area (Å²) in [5.41, 5.74) is 1.49. The first-order valence-electron chi connectivity index (χ1n) is 6.85. The molecule has 1 fully saturated rings. The maximum atomic E-state index is 9.69. The Hall–Kier alpha value is -0.610. The zero-order chi connectivity index (χ0) is 13.3. The lowest BCUT2D eigenvalue weighted by molar-refractivity contribution is 0.202. The molecule has 2 heterocycles. The third kappa shape index (κ3) is 2.69. The maximum absolute atomic E-state index is 9.69. The van der Waals surface area contributed by atoms with E-state index < -0.39 is 6.10 Å². The van der Waals surface area contributed by atoms with Gasteiger partial charge in [-0.3, -0.25) is 0 Å². The van der Waals surface area contributed by atoms with Crippen molar-refractivity contribution in [3.05, 3.63) is 10.6 Å². The van der Waals surface area contributed by atoms with Crippen molar-refractivity contribution in [2.45, 2.75) is 53.1 Å². The van der Waals surface area contributed by atoms with Crippen molar-refractivity contribution in [3.8, 4) is 0 Å². The predicted octanol–water partition coefficient (Wildman–Crippen LogP) is 3.52. The Morgan fingerprint density at radius 2 is 2.06 bits per heavy atom. The monoisotopic (exact) mass is 268 g/mol. The van der Waals surface area contributed by atoms with E-state index in [1.807, 2.05) is 13.8 Å². The van der Waals surface area contributed by atoms with Gasteiger partial charge in [0.25, 0.3) is 0 Å². The second kappa shape index (κ2) is 5.17. The van der Waals surface area contributed by atoms with Crippen molar-refractivity contribution in [2.24, 2.45) is 5.41 Å². The van der Waals surface area contributed by atoms with E-state index in [9.17, 15) is 5.11 Å². The summed E-state index contributed by atoms with van der Waals surface area (Å²) in [6, 6.07) is 0. The fourth-order valence-corrected chi connectivity index (χ4v) is 3.56. The van der Waals surface area contributed by atoms with Crippen LogP contribution in [0.25, 0.3) is 0 Å². The highest BCUT2D eigenvalue weighted by molar-refractivity contribution is 7.15. The molecule has 1 aliphatic rings. The van der Waals surface area contributed by atoms with Crippen LogP contribution in [0, 0.1) is 12.3 Å². The van der Waals surface area contributed by atoms with Crippen LogP contribution in [0.4, 0.5) is 5.13 Å². The molecule has 0 bridgehead atoms. The molecule has 1 N–H and O–H groups in total. The maximum Gasteiger partial charge on any atom is 0.185 e. The molecule has 0 saturated carbocycles. The van der Waals surface area contributed by atoms with Crippen LogP contribution in [0.1, 0.15) is 56.7 Å². The SMILES string of the molecule is CCC1(C)CCN(c2nc(C)c(C(C)O)s2)CC1. The zero-order valence-electron chi connectivity index (χ0n) is 11.9. The van der Waals surface area contributed by atoms with Crippen LogP contribution in [0.2, 0.25) is 0 Å². The molecule has 102 valence electrons. The Balaban J connectivity index is 2.08. The molecule has 0 aromatic carbocycles. The number of hydrogen-bond acceptors (Lipinski definition) is 4. The Kier molecular flexibility index (Phi) is 3.97. The fraction of sp³-hybridized carbons (Fsp3) is 0.786. The fourth-order valence-electron chi connectivity index (χ4n) is 2.51. The van der Waals surface area contributed by atoms with Crippen molar-refractivity contribution in [2.75, 3.05) is 18.0 Å². The van der Waals surface area contributed by atoms with Crippen LogP contribution in [-0.2, 0) is 0 Å². The van der Waals surface area contributed by atoms with Crippen molar-refractivity contribution in [1.29, 1.82) is 0 Å². The first kappa shape index (κ1) is 13.8. The zero-order valence-corrected chi connectivity index (χ0v) is 12.7. The summed E-state index contributed by atoms with van der Waals surface area (Å²) >= 11 is 1.65. The molecule has 3 nitrogen and oxygen atoms in total. The van der Waals surface area contributed by atoms with E-state index in [4.69, 9.17) is 0 Å². The normalized spacial score (nSPS) is 21.1. The van der Waals surface area contributed by atoms with Crippen LogP contribution in [-0.4, -0.2) is 23.2 Å². The molecule has 1 atom stereocenters. The van der Waals surface area contributed by atoms with Gasteiger partial charge in [-0.1, -0.05) is 31.6 Å². The van der Waals surface area contributed by atoms with Gasteiger partial charge in [0.2, 0.25) is 0 Å². The minimum Gasteiger partial charge on any atom is -0.388 e. The van der Waals surface area contributed by atoms with E-state index in [2.05, 4.69) is 23.7 Å². The van der Waals surface area contributed by atoms with Crippen molar-refractivity contribution in [3.63, 3.8) is 0 Å². The Labute approximate surface area is 114 Å². The van der Waals surface area contributed by atoms with Gasteiger partial charge in [0.15, 0.2) is 5.13 Å². The smallest absolute Gasteiger partial charge is 0.185 e. The number of hydrogen-bond donors (Lipinski definition) is 1. The molecule has 1 aromatic rings. The van der Waals surface area contributed by atoms with Gasteiger partial charge in [0, 0.05) is 13.1 Å². The summed E-state index contributed by atoms with van der Waals surface area (Å²) in [4.78, 5) is 8.00. The second-order valence-corrected chi connectivity index (χ2v) is 6.78. The number of aliphatic hydroxyl groups is 1. The van der Waals surface area contributed by atoms with E-state index in [-0.39, 0.29) is 0 Å². The van der Waals surface area contributed by atoms with E-state index >= 15 is 0 Å². The number of rotatable bonds is 3. The Morgan fingerprint density at radius 3 is 2.50 bits per heavy atom. The molecule has 1 unspecified atom stereocenters. The molecule has 1 aromatic heterocycles. The first-order valence-corrected chi connectivity index (χ1v) is 7.67. The van der Waals surface area contributed by atoms with Crippen LogP contribution >= 0.6 is 11.3 Å². The first-order chi connectivity index (χ1) is 8.45. The largest absolute Gasteiger partial charge is 0.388 e. The topological polar surface area (TPSA) is 36.4 Å². The summed E-state index contributed by atoms with van der Waals surface area (Å²) in [6.07, 6.45) is 3.34. The molecule has 4 heteroatoms. The van der Waals surface area contributed by atoms with Gasteiger partial charge in [-0.15, -0.1) is 0 Å². The van der Waals surface area contributed by atoms with Crippen molar-refractivity contribution in [1.82, 2.24) is 4.98 Å². The van der Waals surface area contributed by atoms with Crippen LogP contribution in [0.3, 0.4) is 0 Å². The molecule has 18 heavy (non-hydrogen) atoms. The summed E-state index contributed by atoms with van der Waals surface area (Å²) in [5.74, 6) is 0. The van der Waals surface area contributed by atoms with Gasteiger partial charge in [-0.25, -0.2) is 4.98 Å². The van der Waals surface area contributed by atoms with Gasteiger partial charge in [-0.05, 0) is 32.1 Å². The van der Waals surface area contributed by atoms with Crippen LogP contribution < -0.4 is 4.90 Å². The molecule has 1 aliphatic heterocycles. The lowest BCUT2D eigenvalue weighted by atomic mass is 9.78. The average Bonchev–Trinajstić information content (AvgIpc) is 2.72. The number of aryl methyl sites for hydroxylation is 1. The Morgan fingerprint density at radius 1 is 1.44 bits per heavy atom. The number of piperidine rings is 1. The van der Waals surface area contributed by atoms with Crippen molar-refractivity contribution >= 4 is 16.5 Å². The molecule has 0 aliphatic carbocycles. The summed E-state index contributed by atoms with van der Waals surface area (Å²) in [5, 5.41) is 10.8. The molecule has 2 rings (SSSR count). The van der Waals surface area contributed by atoms with Crippen LogP contribution in [0.5, 0.6) is 0 Å². The highest BCUT2D eigenvalue weighted by Gasteiger charge is 2.29. The molecule has 0 radical (unpaired) electrons. The van der Waals surface area contributed by atoms with Crippen molar-refractivity contribution < 1.29 is 5.11 Å². The summed E-state index contributed by atoms with van der Waals surface area (Å²) in [6.45, 7) is 10.7. The average molecular weight is 268 g/mol. The molecular formula is C14H24N2OS. The van der Waals surface area contributed by atoms with Gasteiger partial charge < -0.3 is 10.0 Å². The highest BCUT2D eigenvalue weighted by atomic mass is 32.1. The summed E-state index contributed by atoms with van der Waals surface area (Å²) < 4.78 is 0. The number of anilines is 1. The van der Waals surface area contributed by atoms with E-state index in [0.717, 1.165) is 28.8 Å². The standard InChI is InChI=1S/C14H24N2OS/c1-5-14(4)6-8-16(9-7-14)13-15-10(2)12(18-13)11(3)17/h11,17H,5-9H2,1-4H3. The van der Waals surface area contributed by atoms with Gasteiger partial charge in [0.05, 0.1) is 16.7 Å². The molecule has 0 spiro atoms. The minimum absolute atomic E-state index is 0.401. The number of thiazole rings is 1. The number of aliphatic hydroxyl groups excluding tert-OH is 1. The number of nitrogens with zero attached hydrogens (tertiary/aromatic N) is 2. The minimum atomic E-state index is -0.401. The third-order valence-corrected chi connectivity index (χ3v) is 5.68. The van der Waals surface area contributed by atoms with Crippen LogP contribution in [0.15, 0.2) is 0 Å². The van der Waals surface area contributed by atoms with E-state index in [0.29, 0.717) is 5.41 Å². The highest BCUT2D eigenvalue weighted by Crippen LogP contribution is 2.38. The second-order valence-electron chi connectivity index (χ2n) is 5.77. The lowest BCUT2D eigenvalue weighted by Crippen LogP contribution is -2.38. The third-order valence-electron chi connectivity index (χ3n) is 4.30. The molecule has 0 amide bonds. The predicted molar refractivity (Wildman–Crippen MR) is 77.3 cm³/mol. The summed E-state index contributed by atoms with van der Waals surface area (Å²) in [7, 11) is 0. The van der Waals surface area contributed by atoms with Gasteiger partial charge in [-0.2, -0.15) is 0 Å². The van der Waals surface area contributed by atoms with Gasteiger partial charge in [0.1, 0.15) is 0 Å². The van der Waals surface area contributed by atoms with E-state index in [1.165, 1.54) is 19.3 Å². The molecule has 1 saturated heterocycles. The van der Waals surface area contributed by atoms with E-state index in [1.54, 1.807) is 11.3 Å². The quantitative estimate of drug-likeness (QED) is 0.911. The molecular weight excluding hydrogens is 244 g/mol.